The van der Waals surface area contributed by atoms with Crippen molar-refractivity contribution in [1.82, 2.24) is 9.97 Å². The number of aromatic nitrogens is 2. The van der Waals surface area contributed by atoms with Crippen molar-refractivity contribution in [3.8, 4) is 6.07 Å². The maximum absolute atomic E-state index is 12.9. The Bertz CT molecular complexity index is 933. The van der Waals surface area contributed by atoms with Gasteiger partial charge < -0.3 is 10.6 Å². The van der Waals surface area contributed by atoms with Crippen molar-refractivity contribution in [2.75, 3.05) is 10.6 Å². The maximum atomic E-state index is 12.9. The smallest absolute Gasteiger partial charge is 0.274 e. The molecule has 2 N–H and O–H groups in total. The summed E-state index contributed by atoms with van der Waals surface area (Å²) >= 11 is 0. The van der Waals surface area contributed by atoms with Gasteiger partial charge in [0.1, 0.15) is 11.5 Å². The van der Waals surface area contributed by atoms with Crippen molar-refractivity contribution in [3.63, 3.8) is 0 Å². The number of nitriles is 1. The molecule has 0 saturated carbocycles. The van der Waals surface area contributed by atoms with E-state index in [0.29, 0.717) is 16.9 Å². The standard InChI is InChI=1S/C18H12FN5O/c19-13-3-7-14(8-4-13)22-17(25)16-9-10-21-18(24-16)23-15-5-1-12(11-20)2-6-15/h1-10H,(H,22,25)(H,21,23,24). The van der Waals surface area contributed by atoms with Crippen LogP contribution in [0.4, 0.5) is 21.7 Å². The van der Waals surface area contributed by atoms with Crippen molar-refractivity contribution in [2.45, 2.75) is 0 Å². The summed E-state index contributed by atoms with van der Waals surface area (Å²) in [5.41, 5.74) is 1.86. The molecule has 0 bridgehead atoms. The predicted octanol–water partition coefficient (Wildman–Crippen LogP) is 3.48. The van der Waals surface area contributed by atoms with E-state index in [2.05, 4.69) is 20.6 Å². The quantitative estimate of drug-likeness (QED) is 0.763. The first-order valence-corrected chi connectivity index (χ1v) is 7.31. The second-order valence-electron chi connectivity index (χ2n) is 5.04. The zero-order valence-corrected chi connectivity index (χ0v) is 12.9. The molecule has 122 valence electrons. The molecule has 1 amide bonds. The lowest BCUT2D eigenvalue weighted by Gasteiger charge is -2.07. The number of anilines is 3. The lowest BCUT2D eigenvalue weighted by Crippen LogP contribution is -2.14. The van der Waals surface area contributed by atoms with E-state index in [0.717, 1.165) is 0 Å². The summed E-state index contributed by atoms with van der Waals surface area (Å²) in [4.78, 5) is 20.4. The SMILES string of the molecule is N#Cc1ccc(Nc2nccc(C(=O)Nc3ccc(F)cc3)n2)cc1. The zero-order chi connectivity index (χ0) is 17.6. The number of hydrogen-bond acceptors (Lipinski definition) is 5. The molecule has 7 heteroatoms. The van der Waals surface area contributed by atoms with Crippen molar-refractivity contribution >= 4 is 23.2 Å². The average Bonchev–Trinajstić information content (AvgIpc) is 2.64. The van der Waals surface area contributed by atoms with Crippen LogP contribution in [0.2, 0.25) is 0 Å². The topological polar surface area (TPSA) is 90.7 Å². The minimum absolute atomic E-state index is 0.162. The van der Waals surface area contributed by atoms with Crippen LogP contribution in [0.15, 0.2) is 60.8 Å². The van der Waals surface area contributed by atoms with E-state index in [9.17, 15) is 9.18 Å². The fourth-order valence-electron chi connectivity index (χ4n) is 2.03. The number of carbonyl (C=O) groups is 1. The Balaban J connectivity index is 1.72. The van der Waals surface area contributed by atoms with Gasteiger partial charge in [-0.1, -0.05) is 0 Å². The number of hydrogen-bond donors (Lipinski definition) is 2. The van der Waals surface area contributed by atoms with Crippen molar-refractivity contribution in [2.24, 2.45) is 0 Å². The first-order valence-electron chi connectivity index (χ1n) is 7.31. The summed E-state index contributed by atoms with van der Waals surface area (Å²) in [6.07, 6.45) is 1.46. The zero-order valence-electron chi connectivity index (χ0n) is 12.9. The van der Waals surface area contributed by atoms with E-state index in [1.807, 2.05) is 6.07 Å². The number of benzene rings is 2. The molecule has 3 aromatic rings. The number of nitrogens with one attached hydrogen (secondary N) is 2. The first kappa shape index (κ1) is 16.1. The third kappa shape index (κ3) is 4.14. The summed E-state index contributed by atoms with van der Waals surface area (Å²) in [5.74, 6) is -0.567. The lowest BCUT2D eigenvalue weighted by atomic mass is 10.2. The summed E-state index contributed by atoms with van der Waals surface area (Å²) in [6, 6.07) is 15.7. The Hall–Kier alpha value is -3.79. The molecule has 0 atom stereocenters. The average molecular weight is 333 g/mol. The highest BCUT2D eigenvalue weighted by Crippen LogP contribution is 2.14. The fourth-order valence-corrected chi connectivity index (χ4v) is 2.03. The molecule has 0 radical (unpaired) electrons. The molecule has 0 aliphatic heterocycles. The van der Waals surface area contributed by atoms with Gasteiger partial charge in [-0.3, -0.25) is 4.79 Å². The first-order chi connectivity index (χ1) is 12.1. The molecule has 1 aromatic heterocycles. The Labute approximate surface area is 143 Å². The van der Waals surface area contributed by atoms with Gasteiger partial charge in [-0.05, 0) is 54.6 Å². The summed E-state index contributed by atoms with van der Waals surface area (Å²) < 4.78 is 12.9. The Kier molecular flexibility index (Phi) is 4.62. The Morgan fingerprint density at radius 1 is 1.00 bits per heavy atom. The molecule has 6 nitrogen and oxygen atoms in total. The molecule has 25 heavy (non-hydrogen) atoms. The Morgan fingerprint density at radius 3 is 2.36 bits per heavy atom. The highest BCUT2D eigenvalue weighted by Gasteiger charge is 2.09. The van der Waals surface area contributed by atoms with Crippen LogP contribution in [0.25, 0.3) is 0 Å². The lowest BCUT2D eigenvalue weighted by molar-refractivity contribution is 0.102. The minimum atomic E-state index is -0.433. The molecule has 0 spiro atoms. The number of amides is 1. The van der Waals surface area contributed by atoms with Gasteiger partial charge in [0.25, 0.3) is 5.91 Å². The Morgan fingerprint density at radius 2 is 1.68 bits per heavy atom. The van der Waals surface area contributed by atoms with Gasteiger partial charge in [-0.2, -0.15) is 5.26 Å². The third-order valence-electron chi connectivity index (χ3n) is 3.26. The largest absolute Gasteiger partial charge is 0.324 e. The van der Waals surface area contributed by atoms with Crippen LogP contribution < -0.4 is 10.6 Å². The van der Waals surface area contributed by atoms with Crippen molar-refractivity contribution in [3.05, 3.63) is 77.9 Å². The van der Waals surface area contributed by atoms with Crippen molar-refractivity contribution < 1.29 is 9.18 Å². The van der Waals surface area contributed by atoms with Gasteiger partial charge in [-0.25, -0.2) is 14.4 Å². The van der Waals surface area contributed by atoms with Crippen LogP contribution >= 0.6 is 0 Å². The molecular weight excluding hydrogens is 321 g/mol. The molecule has 0 unspecified atom stereocenters. The van der Waals surface area contributed by atoms with Gasteiger partial charge in [0.05, 0.1) is 11.6 Å². The van der Waals surface area contributed by atoms with E-state index in [-0.39, 0.29) is 17.5 Å². The fraction of sp³-hybridized carbons (Fsp3) is 0. The van der Waals surface area contributed by atoms with Crippen LogP contribution in [0, 0.1) is 17.1 Å². The highest BCUT2D eigenvalue weighted by molar-refractivity contribution is 6.02. The van der Waals surface area contributed by atoms with Gasteiger partial charge >= 0.3 is 0 Å². The number of rotatable bonds is 4. The predicted molar refractivity (Wildman–Crippen MR) is 90.8 cm³/mol. The summed E-state index contributed by atoms with van der Waals surface area (Å²) in [7, 11) is 0. The van der Waals surface area contributed by atoms with Crippen LogP contribution in [0.5, 0.6) is 0 Å². The highest BCUT2D eigenvalue weighted by atomic mass is 19.1. The van der Waals surface area contributed by atoms with E-state index in [1.165, 1.54) is 36.5 Å². The minimum Gasteiger partial charge on any atom is -0.324 e. The molecule has 0 fully saturated rings. The van der Waals surface area contributed by atoms with E-state index >= 15 is 0 Å². The van der Waals surface area contributed by atoms with Crippen LogP contribution in [0.3, 0.4) is 0 Å². The monoisotopic (exact) mass is 333 g/mol. The molecule has 1 heterocycles. The number of nitrogens with zero attached hydrogens (tertiary/aromatic N) is 3. The second-order valence-corrected chi connectivity index (χ2v) is 5.04. The van der Waals surface area contributed by atoms with Gasteiger partial charge in [0.15, 0.2) is 0 Å². The molecule has 2 aromatic carbocycles. The van der Waals surface area contributed by atoms with Crippen LogP contribution in [-0.4, -0.2) is 15.9 Å². The van der Waals surface area contributed by atoms with Crippen molar-refractivity contribution in [1.29, 1.82) is 5.26 Å². The summed E-state index contributed by atoms with van der Waals surface area (Å²) in [6.45, 7) is 0. The molecule has 3 rings (SSSR count). The molecular formula is C18H12FN5O. The number of carbonyl (C=O) groups excluding carboxylic acids is 1. The second kappa shape index (κ2) is 7.19. The van der Waals surface area contributed by atoms with Gasteiger partial charge in [0, 0.05) is 17.6 Å². The van der Waals surface area contributed by atoms with Gasteiger partial charge in [-0.15, -0.1) is 0 Å². The normalized spacial score (nSPS) is 9.92. The maximum Gasteiger partial charge on any atom is 0.274 e. The third-order valence-corrected chi connectivity index (χ3v) is 3.26. The van der Waals surface area contributed by atoms with E-state index in [4.69, 9.17) is 5.26 Å². The summed E-state index contributed by atoms with van der Waals surface area (Å²) in [5, 5.41) is 14.4. The van der Waals surface area contributed by atoms with Crippen LogP contribution in [-0.2, 0) is 0 Å². The van der Waals surface area contributed by atoms with Gasteiger partial charge in [0.2, 0.25) is 5.95 Å². The van der Waals surface area contributed by atoms with E-state index < -0.39 is 5.91 Å². The molecule has 0 saturated heterocycles. The molecule has 0 aliphatic carbocycles. The van der Waals surface area contributed by atoms with E-state index in [1.54, 1.807) is 24.3 Å². The number of halogens is 1. The molecule has 0 aliphatic rings. The van der Waals surface area contributed by atoms with Crippen LogP contribution in [0.1, 0.15) is 16.1 Å².